The van der Waals surface area contributed by atoms with E-state index in [2.05, 4.69) is 47.2 Å². The Hall–Kier alpha value is -0.580. The predicted molar refractivity (Wildman–Crippen MR) is 80.8 cm³/mol. The molecule has 0 bridgehead atoms. The summed E-state index contributed by atoms with van der Waals surface area (Å²) in [6.45, 7) is 7.51. The van der Waals surface area contributed by atoms with Gasteiger partial charge in [-0.2, -0.15) is 0 Å². The highest BCUT2D eigenvalue weighted by Gasteiger charge is 2.17. The normalized spacial score (nSPS) is 13.7. The van der Waals surface area contributed by atoms with Gasteiger partial charge in [-0.25, -0.2) is 0 Å². The van der Waals surface area contributed by atoms with Gasteiger partial charge in [-0.1, -0.05) is 29.8 Å². The van der Waals surface area contributed by atoms with Crippen molar-refractivity contribution in [2.75, 3.05) is 19.8 Å². The number of nitrogens with one attached hydrogen (secondary N) is 1. The number of benzene rings is 1. The van der Waals surface area contributed by atoms with Crippen molar-refractivity contribution in [3.63, 3.8) is 0 Å². The molecule has 1 aliphatic heterocycles. The van der Waals surface area contributed by atoms with E-state index in [-0.39, 0.29) is 0 Å². The summed E-state index contributed by atoms with van der Waals surface area (Å²) >= 11 is 3.54. The smallest absolute Gasteiger partial charge is 0.128 e. The van der Waals surface area contributed by atoms with Crippen LogP contribution in [0.15, 0.2) is 16.6 Å². The number of ether oxygens (including phenoxy) is 2. The number of rotatable bonds is 7. The highest BCUT2D eigenvalue weighted by molar-refractivity contribution is 9.10. The minimum atomic E-state index is 0.543. The Morgan fingerprint density at radius 3 is 3.05 bits per heavy atom. The Bertz CT molecular complexity index is 421. The van der Waals surface area contributed by atoms with Gasteiger partial charge >= 0.3 is 0 Å². The van der Waals surface area contributed by atoms with Gasteiger partial charge in [-0.05, 0) is 30.7 Å². The van der Waals surface area contributed by atoms with Crippen LogP contribution in [0.4, 0.5) is 0 Å². The van der Waals surface area contributed by atoms with Gasteiger partial charge in [0.15, 0.2) is 0 Å². The molecule has 0 saturated heterocycles. The lowest BCUT2D eigenvalue weighted by atomic mass is 10.1. The molecule has 2 rings (SSSR count). The van der Waals surface area contributed by atoms with Crippen molar-refractivity contribution >= 4 is 15.9 Å². The molecule has 0 aromatic heterocycles. The van der Waals surface area contributed by atoms with Crippen molar-refractivity contribution in [1.82, 2.24) is 5.32 Å². The first-order chi connectivity index (χ1) is 9.16. The summed E-state index contributed by atoms with van der Waals surface area (Å²) < 4.78 is 12.5. The first-order valence-electron chi connectivity index (χ1n) is 6.92. The van der Waals surface area contributed by atoms with E-state index in [0.29, 0.717) is 12.6 Å². The van der Waals surface area contributed by atoms with Crippen molar-refractivity contribution in [3.05, 3.63) is 27.7 Å². The lowest BCUT2D eigenvalue weighted by Crippen LogP contribution is -2.24. The largest absolute Gasteiger partial charge is 0.493 e. The summed E-state index contributed by atoms with van der Waals surface area (Å²) in [5.41, 5.74) is 2.44. The zero-order valence-electron chi connectivity index (χ0n) is 11.7. The molecule has 19 heavy (non-hydrogen) atoms. The standard InChI is InChI=1S/C15H22BrNO2/c1-11(2)17-5-3-6-18-10-13-9-14(16)8-12-4-7-19-15(12)13/h8-9,11,17H,3-7,10H2,1-2H3. The Morgan fingerprint density at radius 1 is 1.42 bits per heavy atom. The summed E-state index contributed by atoms with van der Waals surface area (Å²) in [7, 11) is 0. The van der Waals surface area contributed by atoms with Crippen molar-refractivity contribution in [1.29, 1.82) is 0 Å². The second kappa shape index (κ2) is 7.27. The minimum absolute atomic E-state index is 0.543. The van der Waals surface area contributed by atoms with Gasteiger partial charge in [-0.3, -0.25) is 0 Å². The number of fused-ring (bicyclic) bond motifs is 1. The Morgan fingerprint density at radius 2 is 2.26 bits per heavy atom. The van der Waals surface area contributed by atoms with Crippen LogP contribution in [0.3, 0.4) is 0 Å². The van der Waals surface area contributed by atoms with Crippen LogP contribution >= 0.6 is 15.9 Å². The molecule has 0 aliphatic carbocycles. The lowest BCUT2D eigenvalue weighted by molar-refractivity contribution is 0.116. The highest BCUT2D eigenvalue weighted by atomic mass is 79.9. The topological polar surface area (TPSA) is 30.5 Å². The molecule has 0 unspecified atom stereocenters. The average molecular weight is 328 g/mol. The fraction of sp³-hybridized carbons (Fsp3) is 0.600. The molecular weight excluding hydrogens is 306 g/mol. The Kier molecular flexibility index (Phi) is 5.67. The molecule has 0 saturated carbocycles. The van der Waals surface area contributed by atoms with Crippen LogP contribution in [0.2, 0.25) is 0 Å². The third-order valence-corrected chi connectivity index (χ3v) is 3.56. The predicted octanol–water partition coefficient (Wildman–Crippen LogP) is 3.29. The van der Waals surface area contributed by atoms with Gasteiger partial charge in [0.05, 0.1) is 13.2 Å². The van der Waals surface area contributed by atoms with E-state index < -0.39 is 0 Å². The van der Waals surface area contributed by atoms with Crippen LogP contribution < -0.4 is 10.1 Å². The van der Waals surface area contributed by atoms with Crippen LogP contribution in [0.1, 0.15) is 31.4 Å². The van der Waals surface area contributed by atoms with Crippen molar-refractivity contribution in [2.24, 2.45) is 0 Å². The third kappa shape index (κ3) is 4.48. The molecule has 3 nitrogen and oxygen atoms in total. The van der Waals surface area contributed by atoms with Gasteiger partial charge in [0.2, 0.25) is 0 Å². The molecule has 0 spiro atoms. The number of hydrogen-bond donors (Lipinski definition) is 1. The monoisotopic (exact) mass is 327 g/mol. The quantitative estimate of drug-likeness (QED) is 0.779. The van der Waals surface area contributed by atoms with Crippen LogP contribution in [0.25, 0.3) is 0 Å². The molecule has 1 aliphatic rings. The van der Waals surface area contributed by atoms with Gasteiger partial charge < -0.3 is 14.8 Å². The summed E-state index contributed by atoms with van der Waals surface area (Å²) in [5, 5.41) is 3.38. The van der Waals surface area contributed by atoms with E-state index in [0.717, 1.165) is 48.4 Å². The summed E-state index contributed by atoms with van der Waals surface area (Å²) in [5.74, 6) is 1.03. The second-order valence-electron chi connectivity index (χ2n) is 5.17. The van der Waals surface area contributed by atoms with E-state index in [9.17, 15) is 0 Å². The third-order valence-electron chi connectivity index (χ3n) is 3.10. The van der Waals surface area contributed by atoms with Gasteiger partial charge in [0, 0.05) is 29.1 Å². The molecule has 1 aromatic rings. The van der Waals surface area contributed by atoms with Crippen LogP contribution in [-0.2, 0) is 17.8 Å². The van der Waals surface area contributed by atoms with Gasteiger partial charge in [0.25, 0.3) is 0 Å². The Labute approximate surface area is 123 Å². The number of hydrogen-bond acceptors (Lipinski definition) is 3. The molecule has 0 fully saturated rings. The van der Waals surface area contributed by atoms with Gasteiger partial charge in [0.1, 0.15) is 5.75 Å². The zero-order chi connectivity index (χ0) is 13.7. The maximum Gasteiger partial charge on any atom is 0.128 e. The lowest BCUT2D eigenvalue weighted by Gasteiger charge is -2.11. The first-order valence-corrected chi connectivity index (χ1v) is 7.71. The molecule has 0 radical (unpaired) electrons. The van der Waals surface area contributed by atoms with Gasteiger partial charge in [-0.15, -0.1) is 0 Å². The zero-order valence-corrected chi connectivity index (χ0v) is 13.3. The molecule has 1 aromatic carbocycles. The van der Waals surface area contributed by atoms with Crippen LogP contribution in [0.5, 0.6) is 5.75 Å². The van der Waals surface area contributed by atoms with E-state index >= 15 is 0 Å². The molecule has 0 amide bonds. The van der Waals surface area contributed by atoms with Crippen LogP contribution in [0, 0.1) is 0 Å². The maximum absolute atomic E-state index is 5.74. The van der Waals surface area contributed by atoms with E-state index in [1.54, 1.807) is 0 Å². The Balaban J connectivity index is 1.77. The summed E-state index contributed by atoms with van der Waals surface area (Å²) in [6, 6.07) is 4.77. The molecule has 1 heterocycles. The van der Waals surface area contributed by atoms with E-state index in [1.165, 1.54) is 5.56 Å². The molecule has 4 heteroatoms. The fourth-order valence-corrected chi connectivity index (χ4v) is 2.75. The highest BCUT2D eigenvalue weighted by Crippen LogP contribution is 2.33. The second-order valence-corrected chi connectivity index (χ2v) is 6.08. The fourth-order valence-electron chi connectivity index (χ4n) is 2.20. The molecule has 106 valence electrons. The van der Waals surface area contributed by atoms with Crippen LogP contribution in [-0.4, -0.2) is 25.8 Å². The molecular formula is C15H22BrNO2. The van der Waals surface area contributed by atoms with Crippen molar-refractivity contribution in [3.8, 4) is 5.75 Å². The minimum Gasteiger partial charge on any atom is -0.493 e. The maximum atomic E-state index is 5.74. The first kappa shape index (κ1) is 14.8. The molecule has 1 N–H and O–H groups in total. The molecule has 0 atom stereocenters. The average Bonchev–Trinajstić information content (AvgIpc) is 2.80. The number of halogens is 1. The van der Waals surface area contributed by atoms with E-state index in [1.807, 2.05) is 0 Å². The SMILES string of the molecule is CC(C)NCCCOCc1cc(Br)cc2c1OCC2. The van der Waals surface area contributed by atoms with E-state index in [4.69, 9.17) is 9.47 Å². The van der Waals surface area contributed by atoms with Crippen molar-refractivity contribution < 1.29 is 9.47 Å². The summed E-state index contributed by atoms with van der Waals surface area (Å²) in [6.07, 6.45) is 2.04. The summed E-state index contributed by atoms with van der Waals surface area (Å²) in [4.78, 5) is 0. The van der Waals surface area contributed by atoms with Crippen molar-refractivity contribution in [2.45, 2.75) is 39.3 Å².